The second-order valence-electron chi connectivity index (χ2n) is 8.19. The Morgan fingerprint density at radius 1 is 1.07 bits per heavy atom. The molecule has 1 aliphatic heterocycles. The van der Waals surface area contributed by atoms with E-state index in [9.17, 15) is 14.7 Å². The van der Waals surface area contributed by atoms with Gasteiger partial charge < -0.3 is 5.11 Å². The Morgan fingerprint density at radius 3 is 2.17 bits per heavy atom. The number of hydrogen-bond donors (Lipinski definition) is 1. The Labute approximate surface area is 180 Å². The molecular formula is C22H24Cl2N2O3. The maximum absolute atomic E-state index is 12.9. The highest BCUT2D eigenvalue weighted by atomic mass is 35.5. The summed E-state index contributed by atoms with van der Waals surface area (Å²) < 4.78 is 0. The van der Waals surface area contributed by atoms with Crippen molar-refractivity contribution in [3.63, 3.8) is 0 Å². The smallest absolute Gasteiger partial charge is 0.415 e. The fraction of sp³-hybridized carbons (Fsp3) is 0.364. The van der Waals surface area contributed by atoms with E-state index in [1.54, 1.807) is 18.2 Å². The molecule has 0 aromatic heterocycles. The summed E-state index contributed by atoms with van der Waals surface area (Å²) in [4.78, 5) is 28.0. The third kappa shape index (κ3) is 3.63. The van der Waals surface area contributed by atoms with Crippen molar-refractivity contribution in [2.45, 2.75) is 32.9 Å². The molecule has 2 amide bonds. The van der Waals surface area contributed by atoms with Gasteiger partial charge in [0.1, 0.15) is 5.66 Å². The lowest BCUT2D eigenvalue weighted by molar-refractivity contribution is -0.134. The maximum atomic E-state index is 12.9. The highest BCUT2D eigenvalue weighted by Crippen LogP contribution is 2.54. The van der Waals surface area contributed by atoms with Crippen LogP contribution in [-0.4, -0.2) is 40.0 Å². The fourth-order valence-electron chi connectivity index (χ4n) is 4.35. The predicted octanol–water partition coefficient (Wildman–Crippen LogP) is 5.26. The van der Waals surface area contributed by atoms with Gasteiger partial charge in [0.05, 0.1) is 6.54 Å². The van der Waals surface area contributed by atoms with Crippen LogP contribution in [0.4, 0.5) is 4.79 Å². The number of carbonyl (C=O) groups is 2. The van der Waals surface area contributed by atoms with Crippen LogP contribution in [-0.2, 0) is 16.9 Å². The lowest BCUT2D eigenvalue weighted by Crippen LogP contribution is -2.61. The minimum absolute atomic E-state index is 0.0298. The SMILES string of the molecule is CC(C)(C)[C@]1(c2c(Cl)cccc2Cl)N(CCc2ccccc2)CC(=O)N1C(=O)O. The third-order valence-corrected chi connectivity index (χ3v) is 6.05. The third-order valence-electron chi connectivity index (χ3n) is 5.42. The molecule has 1 aliphatic rings. The first kappa shape index (κ1) is 21.6. The number of carbonyl (C=O) groups excluding carboxylic acids is 1. The van der Waals surface area contributed by atoms with Crippen LogP contribution in [0.2, 0.25) is 10.0 Å². The number of rotatable bonds is 4. The molecule has 1 N–H and O–H groups in total. The first-order chi connectivity index (χ1) is 13.6. The summed E-state index contributed by atoms with van der Waals surface area (Å²) in [7, 11) is 0. The second kappa shape index (κ2) is 7.98. The predicted molar refractivity (Wildman–Crippen MR) is 114 cm³/mol. The van der Waals surface area contributed by atoms with Crippen molar-refractivity contribution in [1.82, 2.24) is 9.80 Å². The van der Waals surface area contributed by atoms with Crippen LogP contribution < -0.4 is 0 Å². The van der Waals surface area contributed by atoms with Gasteiger partial charge in [-0.3, -0.25) is 9.69 Å². The van der Waals surface area contributed by atoms with Gasteiger partial charge >= 0.3 is 6.09 Å². The van der Waals surface area contributed by atoms with Crippen LogP contribution in [0.5, 0.6) is 0 Å². The van der Waals surface area contributed by atoms with E-state index in [0.717, 1.165) is 10.5 Å². The van der Waals surface area contributed by atoms with Crippen LogP contribution in [0.1, 0.15) is 31.9 Å². The zero-order chi connectivity index (χ0) is 21.4. The zero-order valence-corrected chi connectivity index (χ0v) is 18.2. The Hall–Kier alpha value is -2.08. The number of benzene rings is 2. The molecule has 1 atom stereocenters. The Morgan fingerprint density at radius 2 is 1.66 bits per heavy atom. The summed E-state index contributed by atoms with van der Waals surface area (Å²) in [5, 5.41) is 10.7. The second-order valence-corrected chi connectivity index (χ2v) is 9.00. The fourth-order valence-corrected chi connectivity index (χ4v) is 5.01. The minimum Gasteiger partial charge on any atom is -0.465 e. The lowest BCUT2D eigenvalue weighted by atomic mass is 9.74. The van der Waals surface area contributed by atoms with E-state index >= 15 is 0 Å². The highest BCUT2D eigenvalue weighted by molar-refractivity contribution is 6.36. The molecule has 0 aliphatic carbocycles. The molecule has 1 heterocycles. The molecule has 0 spiro atoms. The number of halogens is 2. The van der Waals surface area contributed by atoms with Crippen molar-refractivity contribution < 1.29 is 14.7 Å². The van der Waals surface area contributed by atoms with Gasteiger partial charge in [0.25, 0.3) is 0 Å². The van der Waals surface area contributed by atoms with Gasteiger partial charge in [0, 0.05) is 27.6 Å². The summed E-state index contributed by atoms with van der Waals surface area (Å²) in [5.41, 5.74) is -0.498. The summed E-state index contributed by atoms with van der Waals surface area (Å²) in [6.07, 6.45) is -0.662. The van der Waals surface area contributed by atoms with Crippen molar-refractivity contribution in [3.05, 3.63) is 69.7 Å². The van der Waals surface area contributed by atoms with Crippen LogP contribution in [0.3, 0.4) is 0 Å². The molecule has 0 saturated carbocycles. The number of carboxylic acid groups (broad SMARTS) is 1. The van der Waals surface area contributed by atoms with E-state index < -0.39 is 23.1 Å². The van der Waals surface area contributed by atoms with E-state index in [0.29, 0.717) is 28.6 Å². The van der Waals surface area contributed by atoms with Gasteiger partial charge in [-0.25, -0.2) is 9.69 Å². The molecule has 2 aromatic carbocycles. The number of amides is 2. The van der Waals surface area contributed by atoms with E-state index in [1.165, 1.54) is 0 Å². The maximum Gasteiger partial charge on any atom is 0.415 e. The molecule has 0 radical (unpaired) electrons. The Kier molecular flexibility index (Phi) is 5.95. The van der Waals surface area contributed by atoms with Crippen molar-refractivity contribution in [2.75, 3.05) is 13.1 Å². The van der Waals surface area contributed by atoms with E-state index in [4.69, 9.17) is 23.2 Å². The molecule has 5 nitrogen and oxygen atoms in total. The average molecular weight is 435 g/mol. The van der Waals surface area contributed by atoms with Crippen molar-refractivity contribution in [3.8, 4) is 0 Å². The monoisotopic (exact) mass is 434 g/mol. The molecule has 1 fully saturated rings. The van der Waals surface area contributed by atoms with E-state index in [1.807, 2.05) is 56.0 Å². The zero-order valence-electron chi connectivity index (χ0n) is 16.7. The lowest BCUT2D eigenvalue weighted by Gasteiger charge is -2.51. The topological polar surface area (TPSA) is 60.9 Å². The number of imide groups is 1. The summed E-state index contributed by atoms with van der Waals surface area (Å²) >= 11 is 13.1. The van der Waals surface area contributed by atoms with Crippen LogP contribution in [0.15, 0.2) is 48.5 Å². The Bertz CT molecular complexity index is 907. The molecule has 7 heteroatoms. The molecule has 0 unspecified atom stereocenters. The summed E-state index contributed by atoms with van der Waals surface area (Å²) in [5.74, 6) is -0.489. The van der Waals surface area contributed by atoms with Crippen molar-refractivity contribution >= 4 is 35.2 Å². The van der Waals surface area contributed by atoms with Crippen molar-refractivity contribution in [2.24, 2.45) is 5.41 Å². The van der Waals surface area contributed by atoms with Gasteiger partial charge in [-0.2, -0.15) is 0 Å². The highest BCUT2D eigenvalue weighted by Gasteiger charge is 2.62. The molecule has 0 bridgehead atoms. The summed E-state index contributed by atoms with van der Waals surface area (Å²) in [6, 6.07) is 14.9. The van der Waals surface area contributed by atoms with Crippen LogP contribution >= 0.6 is 23.2 Å². The van der Waals surface area contributed by atoms with E-state index in [2.05, 4.69) is 0 Å². The standard InChI is InChI=1S/C22H24Cl2N2O3/c1-21(2,3)22(19-16(23)10-7-11-17(19)24)25(14-18(27)26(22)20(28)29)13-12-15-8-5-4-6-9-15/h4-11H,12-14H2,1-3H3,(H,28,29)/t22-/m1/s1. The summed E-state index contributed by atoms with van der Waals surface area (Å²) in [6.45, 7) is 6.14. The Balaban J connectivity index is 2.20. The van der Waals surface area contributed by atoms with Crippen LogP contribution in [0, 0.1) is 5.41 Å². The van der Waals surface area contributed by atoms with E-state index in [-0.39, 0.29) is 6.54 Å². The van der Waals surface area contributed by atoms with Crippen LogP contribution in [0.25, 0.3) is 0 Å². The van der Waals surface area contributed by atoms with Gasteiger partial charge in [-0.1, -0.05) is 80.4 Å². The van der Waals surface area contributed by atoms with Gasteiger partial charge in [-0.15, -0.1) is 0 Å². The quantitative estimate of drug-likeness (QED) is 0.712. The molecule has 29 heavy (non-hydrogen) atoms. The number of hydrogen-bond acceptors (Lipinski definition) is 3. The van der Waals surface area contributed by atoms with Gasteiger partial charge in [0.2, 0.25) is 5.91 Å². The molecule has 2 aromatic rings. The molecular weight excluding hydrogens is 411 g/mol. The van der Waals surface area contributed by atoms with Gasteiger partial charge in [-0.05, 0) is 24.1 Å². The normalized spacial score (nSPS) is 20.3. The molecule has 1 saturated heterocycles. The van der Waals surface area contributed by atoms with Gasteiger partial charge in [0.15, 0.2) is 0 Å². The minimum atomic E-state index is -1.33. The largest absolute Gasteiger partial charge is 0.465 e. The molecule has 154 valence electrons. The first-order valence-electron chi connectivity index (χ1n) is 9.40. The van der Waals surface area contributed by atoms with Crippen molar-refractivity contribution in [1.29, 1.82) is 0 Å². The number of nitrogens with zero attached hydrogens (tertiary/aromatic N) is 2. The average Bonchev–Trinajstić information content (AvgIpc) is 2.94. The molecule has 3 rings (SSSR count). The first-order valence-corrected chi connectivity index (χ1v) is 10.2.